The lowest BCUT2D eigenvalue weighted by atomic mass is 9.86. The zero-order chi connectivity index (χ0) is 47.5. The average molecular weight is 953 g/mol. The average Bonchev–Trinajstić information content (AvgIpc) is 3.97. The molecule has 4 fully saturated rings. The van der Waals surface area contributed by atoms with Crippen LogP contribution < -0.4 is 10.6 Å². The largest absolute Gasteiger partial charge is 0.378 e. The fourth-order valence-electron chi connectivity index (χ4n) is 12.5. The van der Waals surface area contributed by atoms with Crippen molar-refractivity contribution in [2.24, 2.45) is 0 Å². The van der Waals surface area contributed by atoms with Crippen molar-refractivity contribution in [1.29, 1.82) is 0 Å². The first-order valence-electron chi connectivity index (χ1n) is 25.8. The van der Waals surface area contributed by atoms with Crippen molar-refractivity contribution >= 4 is 27.9 Å². The van der Waals surface area contributed by atoms with Crippen LogP contribution in [-0.2, 0) is 40.2 Å². The van der Waals surface area contributed by atoms with Crippen molar-refractivity contribution in [3.63, 3.8) is 0 Å². The summed E-state index contributed by atoms with van der Waals surface area (Å²) in [6.07, 6.45) is 8.09. The maximum absolute atomic E-state index is 16.3. The van der Waals surface area contributed by atoms with Gasteiger partial charge in [0.2, 0.25) is 0 Å². The number of aromatic nitrogens is 4. The van der Waals surface area contributed by atoms with E-state index >= 15 is 13.6 Å². The van der Waals surface area contributed by atoms with E-state index in [0.29, 0.717) is 104 Å². The number of Topliss-reactive ketones (excluding diaryl/α,β-unsaturated/α-hetero) is 1. The van der Waals surface area contributed by atoms with Crippen LogP contribution >= 0.6 is 0 Å². The lowest BCUT2D eigenvalue weighted by Crippen LogP contribution is -2.65. The van der Waals surface area contributed by atoms with E-state index in [1.54, 1.807) is 0 Å². The molecule has 4 atom stereocenters. The normalized spacial score (nSPS) is 23.7. The van der Waals surface area contributed by atoms with Crippen molar-refractivity contribution in [3.8, 4) is 22.3 Å². The Bertz CT molecular complexity index is 2680. The highest BCUT2D eigenvalue weighted by molar-refractivity contribution is 5.89. The first-order chi connectivity index (χ1) is 34.2. The Kier molecular flexibility index (Phi) is 12.9. The van der Waals surface area contributed by atoms with Gasteiger partial charge in [-0.3, -0.25) is 24.4 Å². The third kappa shape index (κ3) is 8.90. The standard InChI is InChI=1S/C55H66F2N10O3/c1-33-25-60-52-43(33)23-39(27-62-52)37-19-35-3-11-66(29-47(35)45(21-37)49-31-69-17-9-58-49)54(64-13-5-41(56)6-14-64)51(68)55(65-15-7-42(57)8-16-65)67-12-4-36-20-38(40-24-44-34(2)26-61-53(44)63-28-40)22-46(48(36)30-67)50-32-70-18-10-59-50/h19-28,41-42,49-50,54-55,58-59H,3-18,29-32H2,1-2H3,(H,60,62)(H,61,63)/t49?,50?,54-,55-/m1/s1. The molecule has 4 N–H and O–H groups in total. The van der Waals surface area contributed by atoms with Gasteiger partial charge in [-0.05, 0) is 132 Å². The van der Waals surface area contributed by atoms with Crippen molar-refractivity contribution in [3.05, 3.63) is 106 Å². The molecule has 70 heavy (non-hydrogen) atoms. The number of alkyl halides is 2. The topological polar surface area (TPSA) is 130 Å². The minimum absolute atomic E-state index is 0.0108. The number of carbonyl (C=O) groups is 1. The summed E-state index contributed by atoms with van der Waals surface area (Å²) < 4.78 is 42.4. The fourth-order valence-corrected chi connectivity index (χ4v) is 12.5. The molecule has 6 aliphatic heterocycles. The van der Waals surface area contributed by atoms with Gasteiger partial charge < -0.3 is 30.1 Å². The van der Waals surface area contributed by atoms with Gasteiger partial charge in [0.15, 0.2) is 5.78 Å². The van der Waals surface area contributed by atoms with Crippen LogP contribution in [0.3, 0.4) is 0 Å². The highest BCUT2D eigenvalue weighted by atomic mass is 19.1. The Morgan fingerprint density at radius 1 is 0.600 bits per heavy atom. The van der Waals surface area contributed by atoms with Gasteiger partial charge >= 0.3 is 0 Å². The van der Waals surface area contributed by atoms with E-state index in [0.717, 1.165) is 81.4 Å². The van der Waals surface area contributed by atoms with Crippen LogP contribution in [-0.4, -0.2) is 149 Å². The van der Waals surface area contributed by atoms with Crippen LogP contribution in [0.5, 0.6) is 0 Å². The summed E-state index contributed by atoms with van der Waals surface area (Å²) in [5.41, 5.74) is 15.9. The van der Waals surface area contributed by atoms with Crippen molar-refractivity contribution < 1.29 is 23.0 Å². The number of benzene rings is 2. The molecule has 12 rings (SSSR count). The first kappa shape index (κ1) is 46.1. The van der Waals surface area contributed by atoms with E-state index in [1.807, 2.05) is 24.8 Å². The second kappa shape index (κ2) is 19.6. The number of morpholine rings is 2. The summed E-state index contributed by atoms with van der Waals surface area (Å²) in [5, 5.41) is 9.74. The number of H-pyrrole nitrogens is 2. The van der Waals surface area contributed by atoms with Crippen molar-refractivity contribution in [2.45, 2.75) is 102 Å². The van der Waals surface area contributed by atoms with Gasteiger partial charge in [-0.25, -0.2) is 18.7 Å². The molecule has 0 aliphatic carbocycles. The summed E-state index contributed by atoms with van der Waals surface area (Å²) in [7, 11) is 0. The molecule has 10 heterocycles. The van der Waals surface area contributed by atoms with E-state index in [4.69, 9.17) is 19.4 Å². The van der Waals surface area contributed by atoms with Gasteiger partial charge in [-0.1, -0.05) is 12.1 Å². The molecule has 4 saturated heterocycles. The number of likely N-dealkylation sites (tertiary alicyclic amines) is 2. The minimum Gasteiger partial charge on any atom is -0.378 e. The Hall–Kier alpha value is -4.97. The van der Waals surface area contributed by atoms with Crippen LogP contribution in [0.1, 0.15) is 82.3 Å². The second-order valence-corrected chi connectivity index (χ2v) is 20.8. The summed E-state index contributed by atoms with van der Waals surface area (Å²) >= 11 is 0. The lowest BCUT2D eigenvalue weighted by Gasteiger charge is -2.49. The number of ketones is 1. The van der Waals surface area contributed by atoms with Crippen molar-refractivity contribution in [1.82, 2.24) is 50.2 Å². The number of pyridine rings is 2. The number of hydrogen-bond acceptors (Lipinski definition) is 11. The molecule has 4 aromatic heterocycles. The smallest absolute Gasteiger partial charge is 0.196 e. The third-order valence-electron chi connectivity index (χ3n) is 16.4. The van der Waals surface area contributed by atoms with Crippen LogP contribution in [0.4, 0.5) is 8.78 Å². The molecule has 368 valence electrons. The molecule has 0 amide bonds. The van der Waals surface area contributed by atoms with E-state index in [2.05, 4.69) is 90.4 Å². The lowest BCUT2D eigenvalue weighted by molar-refractivity contribution is -0.148. The molecule has 0 saturated carbocycles. The number of ether oxygens (including phenoxy) is 2. The summed E-state index contributed by atoms with van der Waals surface area (Å²) in [4.78, 5) is 41.7. The molecule has 0 radical (unpaired) electrons. The first-order valence-corrected chi connectivity index (χ1v) is 25.8. The fraction of sp³-hybridized carbons (Fsp3) is 0.509. The van der Waals surface area contributed by atoms with Crippen LogP contribution in [0.15, 0.2) is 61.2 Å². The van der Waals surface area contributed by atoms with Gasteiger partial charge in [0.05, 0.1) is 38.5 Å². The zero-order valence-corrected chi connectivity index (χ0v) is 40.5. The van der Waals surface area contributed by atoms with Gasteiger partial charge in [-0.2, -0.15) is 0 Å². The van der Waals surface area contributed by atoms with Gasteiger partial charge in [0.1, 0.15) is 36.0 Å². The quantitative estimate of drug-likeness (QED) is 0.111. The number of aromatic amines is 2. The number of fused-ring (bicyclic) bond motifs is 4. The van der Waals surface area contributed by atoms with Gasteiger partial charge in [0.25, 0.3) is 0 Å². The number of piperidine rings is 2. The summed E-state index contributed by atoms with van der Waals surface area (Å²) in [5.74, 6) is 0.110. The molecule has 0 spiro atoms. The molecule has 6 aromatic rings. The number of nitrogens with one attached hydrogen (secondary N) is 4. The number of aryl methyl sites for hydroxylation is 2. The monoisotopic (exact) mass is 953 g/mol. The Morgan fingerprint density at radius 3 is 1.46 bits per heavy atom. The molecule has 0 bridgehead atoms. The second-order valence-electron chi connectivity index (χ2n) is 20.8. The Labute approximate surface area is 408 Å². The highest BCUT2D eigenvalue weighted by Gasteiger charge is 2.45. The molecular weight excluding hydrogens is 887 g/mol. The number of carbonyl (C=O) groups excluding carboxylic acids is 1. The zero-order valence-electron chi connectivity index (χ0n) is 40.5. The van der Waals surface area contributed by atoms with Crippen LogP contribution in [0.25, 0.3) is 44.3 Å². The summed E-state index contributed by atoms with van der Waals surface area (Å²) in [6.45, 7) is 12.7. The predicted octanol–water partition coefficient (Wildman–Crippen LogP) is 7.22. The van der Waals surface area contributed by atoms with Gasteiger partial charge in [-0.15, -0.1) is 0 Å². The number of nitrogens with zero attached hydrogens (tertiary/aromatic N) is 6. The molecular formula is C55H66F2N10O3. The Balaban J connectivity index is 0.910. The molecule has 2 unspecified atom stereocenters. The van der Waals surface area contributed by atoms with Crippen LogP contribution in [0, 0.1) is 13.8 Å². The Morgan fingerprint density at radius 2 is 1.04 bits per heavy atom. The number of halogens is 2. The predicted molar refractivity (Wildman–Crippen MR) is 268 cm³/mol. The van der Waals surface area contributed by atoms with E-state index in [9.17, 15) is 0 Å². The van der Waals surface area contributed by atoms with E-state index in [1.165, 1.54) is 33.4 Å². The summed E-state index contributed by atoms with van der Waals surface area (Å²) in [6, 6.07) is 13.7. The molecule has 15 heteroatoms. The third-order valence-corrected chi connectivity index (χ3v) is 16.4. The van der Waals surface area contributed by atoms with Gasteiger partial charge in [0, 0.05) is 112 Å². The molecule has 13 nitrogen and oxygen atoms in total. The maximum atomic E-state index is 16.3. The molecule has 6 aliphatic rings. The molecule has 2 aromatic carbocycles. The van der Waals surface area contributed by atoms with E-state index < -0.39 is 24.7 Å². The minimum atomic E-state index is -0.886. The maximum Gasteiger partial charge on any atom is 0.196 e. The van der Waals surface area contributed by atoms with E-state index in [-0.39, 0.29) is 17.9 Å². The van der Waals surface area contributed by atoms with Crippen molar-refractivity contribution in [2.75, 3.05) is 78.8 Å². The van der Waals surface area contributed by atoms with Crippen LogP contribution in [0.2, 0.25) is 0 Å². The SMILES string of the molecule is Cc1c[nH]c2ncc(-c3cc4c(c(C5COCCN5)c3)CN([C@H](C(=O)[C@H](N3CCC(F)CC3)N3CCc5cc(-c6cnc7[nH]cc(C)c7c6)cc(C6COCCN6)c5C3)N3CCC(F)CC3)CC4)cc12. The number of hydrogen-bond donors (Lipinski definition) is 4. The number of rotatable bonds is 10. The highest BCUT2D eigenvalue weighted by Crippen LogP contribution is 2.39.